The summed E-state index contributed by atoms with van der Waals surface area (Å²) in [4.78, 5) is 28.6. The van der Waals surface area contributed by atoms with Crippen molar-refractivity contribution in [3.05, 3.63) is 53.0 Å². The Kier molecular flexibility index (Phi) is 4.57. The molecule has 5 nitrogen and oxygen atoms in total. The van der Waals surface area contributed by atoms with Gasteiger partial charge in [0.1, 0.15) is 11.6 Å². The molecule has 0 aliphatic heterocycles. The summed E-state index contributed by atoms with van der Waals surface area (Å²) in [6.07, 6.45) is 2.46. The summed E-state index contributed by atoms with van der Waals surface area (Å²) in [7, 11) is 0. The summed E-state index contributed by atoms with van der Waals surface area (Å²) < 4.78 is 29.1. The molecule has 0 spiro atoms. The third kappa shape index (κ3) is 3.52. The molecule has 8 heteroatoms. The molecule has 0 saturated heterocycles. The molecule has 2 aromatic carbocycles. The number of nitrogens with one attached hydrogen (secondary N) is 2. The lowest BCUT2D eigenvalue weighted by atomic mass is 9.85. The average molecular weight is 387 g/mol. The number of carbonyl (C=O) groups excluding carboxylic acids is 2. The van der Waals surface area contributed by atoms with Crippen LogP contribution in [-0.4, -0.2) is 16.8 Å². The van der Waals surface area contributed by atoms with E-state index in [9.17, 15) is 18.4 Å². The zero-order valence-electron chi connectivity index (χ0n) is 14.1. The first-order valence-corrected chi connectivity index (χ1v) is 9.34. The van der Waals surface area contributed by atoms with Gasteiger partial charge in [-0.1, -0.05) is 6.42 Å². The van der Waals surface area contributed by atoms with Crippen LogP contribution in [0.15, 0.2) is 35.8 Å². The van der Waals surface area contributed by atoms with E-state index in [1.165, 1.54) is 11.3 Å². The topological polar surface area (TPSA) is 71.1 Å². The van der Waals surface area contributed by atoms with Crippen LogP contribution in [0.4, 0.5) is 20.2 Å². The smallest absolute Gasteiger partial charge is 0.258 e. The molecule has 0 unspecified atom stereocenters. The minimum absolute atomic E-state index is 0.156. The number of aromatic nitrogens is 1. The Morgan fingerprint density at radius 1 is 1.07 bits per heavy atom. The van der Waals surface area contributed by atoms with Gasteiger partial charge in [0.15, 0.2) is 0 Å². The fraction of sp³-hybridized carbons (Fsp3) is 0.211. The largest absolute Gasteiger partial charge is 0.323 e. The number of thiazole rings is 1. The van der Waals surface area contributed by atoms with Gasteiger partial charge in [0.25, 0.3) is 5.91 Å². The highest BCUT2D eigenvalue weighted by Crippen LogP contribution is 2.29. The van der Waals surface area contributed by atoms with Gasteiger partial charge >= 0.3 is 0 Å². The molecule has 3 aromatic rings. The monoisotopic (exact) mass is 387 g/mol. The van der Waals surface area contributed by atoms with Gasteiger partial charge in [-0.2, -0.15) is 0 Å². The standard InChI is InChI=1S/C19H15F2N3O2S/c20-13-8-14(21)15(24-18(25)10-2-1-3-10)7-12(13)19(26)23-11-4-5-17-16(6-11)22-9-27-17/h4-10H,1-3H2,(H,23,26)(H,24,25). The average Bonchev–Trinajstić information content (AvgIpc) is 3.03. The van der Waals surface area contributed by atoms with Crippen LogP contribution in [0.1, 0.15) is 29.6 Å². The van der Waals surface area contributed by atoms with E-state index in [2.05, 4.69) is 15.6 Å². The number of hydrogen-bond donors (Lipinski definition) is 2. The summed E-state index contributed by atoms with van der Waals surface area (Å²) in [6.45, 7) is 0. The molecule has 1 fully saturated rings. The Hall–Kier alpha value is -2.87. The molecule has 0 atom stereocenters. The van der Waals surface area contributed by atoms with Gasteiger partial charge in [-0.3, -0.25) is 9.59 Å². The number of fused-ring (bicyclic) bond motifs is 1. The summed E-state index contributed by atoms with van der Waals surface area (Å²) in [5.41, 5.74) is 2.30. The Labute approximate surface area is 157 Å². The Bertz CT molecular complexity index is 1050. The van der Waals surface area contributed by atoms with Crippen molar-refractivity contribution in [2.45, 2.75) is 19.3 Å². The van der Waals surface area contributed by atoms with Crippen LogP contribution < -0.4 is 10.6 Å². The van der Waals surface area contributed by atoms with Crippen LogP contribution in [0.25, 0.3) is 10.2 Å². The number of benzene rings is 2. The molecule has 1 saturated carbocycles. The molecule has 138 valence electrons. The third-order valence-electron chi connectivity index (χ3n) is 4.62. The number of hydrogen-bond acceptors (Lipinski definition) is 4. The fourth-order valence-corrected chi connectivity index (χ4v) is 3.52. The first-order chi connectivity index (χ1) is 13.0. The first kappa shape index (κ1) is 17.5. The second-order valence-corrected chi connectivity index (χ2v) is 7.30. The molecule has 1 heterocycles. The predicted octanol–water partition coefficient (Wildman–Crippen LogP) is 4.57. The van der Waals surface area contributed by atoms with E-state index in [0.29, 0.717) is 17.3 Å². The van der Waals surface area contributed by atoms with E-state index in [0.717, 1.165) is 30.0 Å². The lowest BCUT2D eigenvalue weighted by molar-refractivity contribution is -0.122. The van der Waals surface area contributed by atoms with Crippen LogP contribution in [0.2, 0.25) is 0 Å². The lowest BCUT2D eigenvalue weighted by Crippen LogP contribution is -2.28. The second kappa shape index (κ2) is 7.03. The van der Waals surface area contributed by atoms with E-state index < -0.39 is 17.5 Å². The maximum absolute atomic E-state index is 14.1. The number of carbonyl (C=O) groups is 2. The van der Waals surface area contributed by atoms with Crippen molar-refractivity contribution in [2.75, 3.05) is 10.6 Å². The summed E-state index contributed by atoms with van der Waals surface area (Å²) in [6, 6.07) is 6.78. The highest BCUT2D eigenvalue weighted by atomic mass is 32.1. The molecule has 27 heavy (non-hydrogen) atoms. The summed E-state index contributed by atoms with van der Waals surface area (Å²) in [5, 5.41) is 5.03. The Balaban J connectivity index is 1.56. The van der Waals surface area contributed by atoms with Gasteiger partial charge < -0.3 is 10.6 Å². The van der Waals surface area contributed by atoms with Crippen LogP contribution in [0.5, 0.6) is 0 Å². The lowest BCUT2D eigenvalue weighted by Gasteiger charge is -2.24. The highest BCUT2D eigenvalue weighted by Gasteiger charge is 2.26. The van der Waals surface area contributed by atoms with E-state index in [1.54, 1.807) is 23.7 Å². The van der Waals surface area contributed by atoms with Gasteiger partial charge in [-0.25, -0.2) is 13.8 Å². The number of rotatable bonds is 4. The first-order valence-electron chi connectivity index (χ1n) is 8.46. The van der Waals surface area contributed by atoms with Gasteiger partial charge in [0, 0.05) is 17.7 Å². The van der Waals surface area contributed by atoms with Gasteiger partial charge in [-0.05, 0) is 37.1 Å². The second-order valence-electron chi connectivity index (χ2n) is 6.42. The molecule has 0 bridgehead atoms. The maximum Gasteiger partial charge on any atom is 0.258 e. The van der Waals surface area contributed by atoms with E-state index in [4.69, 9.17) is 0 Å². The quantitative estimate of drug-likeness (QED) is 0.689. The Morgan fingerprint density at radius 2 is 1.89 bits per heavy atom. The fourth-order valence-electron chi connectivity index (χ4n) is 2.86. The number of nitrogens with zero attached hydrogens (tertiary/aromatic N) is 1. The van der Waals surface area contributed by atoms with Crippen molar-refractivity contribution in [3.8, 4) is 0 Å². The molecule has 0 radical (unpaired) electrons. The molecule has 1 aliphatic rings. The Morgan fingerprint density at radius 3 is 2.63 bits per heavy atom. The van der Waals surface area contributed by atoms with Crippen molar-refractivity contribution in [3.63, 3.8) is 0 Å². The molecule has 2 N–H and O–H groups in total. The van der Waals surface area contributed by atoms with Crippen molar-refractivity contribution < 1.29 is 18.4 Å². The molecule has 2 amide bonds. The third-order valence-corrected chi connectivity index (χ3v) is 5.43. The van der Waals surface area contributed by atoms with E-state index >= 15 is 0 Å². The molecular weight excluding hydrogens is 372 g/mol. The zero-order chi connectivity index (χ0) is 19.0. The van der Waals surface area contributed by atoms with Crippen LogP contribution in [-0.2, 0) is 4.79 Å². The van der Waals surface area contributed by atoms with Crippen LogP contribution in [0, 0.1) is 17.6 Å². The molecule has 1 aromatic heterocycles. The minimum atomic E-state index is -0.999. The zero-order valence-corrected chi connectivity index (χ0v) is 14.9. The highest BCUT2D eigenvalue weighted by molar-refractivity contribution is 7.16. The predicted molar refractivity (Wildman–Crippen MR) is 99.9 cm³/mol. The summed E-state index contributed by atoms with van der Waals surface area (Å²) >= 11 is 1.47. The number of anilines is 2. The number of halogens is 2. The SMILES string of the molecule is O=C(Nc1ccc2scnc2c1)c1cc(NC(=O)C2CCC2)c(F)cc1F. The van der Waals surface area contributed by atoms with Crippen molar-refractivity contribution in [1.82, 2.24) is 4.98 Å². The van der Waals surface area contributed by atoms with Gasteiger partial charge in [-0.15, -0.1) is 11.3 Å². The van der Waals surface area contributed by atoms with Crippen LogP contribution in [0.3, 0.4) is 0 Å². The molecule has 1 aliphatic carbocycles. The van der Waals surface area contributed by atoms with Crippen molar-refractivity contribution in [2.24, 2.45) is 5.92 Å². The van der Waals surface area contributed by atoms with E-state index in [-0.39, 0.29) is 23.1 Å². The molecular formula is C19H15F2N3O2S. The molecule has 4 rings (SSSR count). The maximum atomic E-state index is 14.1. The van der Waals surface area contributed by atoms with Gasteiger partial charge in [0.05, 0.1) is 27.0 Å². The van der Waals surface area contributed by atoms with Crippen LogP contribution >= 0.6 is 11.3 Å². The van der Waals surface area contributed by atoms with Gasteiger partial charge in [0.2, 0.25) is 5.91 Å². The normalized spacial score (nSPS) is 14.0. The number of amides is 2. The summed E-state index contributed by atoms with van der Waals surface area (Å²) in [5.74, 6) is -3.12. The van der Waals surface area contributed by atoms with Crippen molar-refractivity contribution >= 4 is 44.7 Å². The minimum Gasteiger partial charge on any atom is -0.323 e. The van der Waals surface area contributed by atoms with Crippen molar-refractivity contribution in [1.29, 1.82) is 0 Å². The van der Waals surface area contributed by atoms with E-state index in [1.807, 2.05) is 0 Å².